The number of nitrogens with zero attached hydrogens (tertiary/aromatic N) is 4. The maximum Gasteiger partial charge on any atom is 2.00 e. The summed E-state index contributed by atoms with van der Waals surface area (Å²) >= 11 is 7.40. The van der Waals surface area contributed by atoms with E-state index in [2.05, 4.69) is 35.2 Å². The zero-order chi connectivity index (χ0) is 15.6. The Morgan fingerprint density at radius 3 is 1.19 bits per heavy atom. The smallest absolute Gasteiger partial charge is 0.696 e. The summed E-state index contributed by atoms with van der Waals surface area (Å²) in [5, 5.41) is 16.9. The van der Waals surface area contributed by atoms with E-state index in [0.717, 1.165) is 11.4 Å². The van der Waals surface area contributed by atoms with E-state index in [4.69, 9.17) is 10.5 Å². The largest absolute Gasteiger partial charge is 2.00 e. The van der Waals surface area contributed by atoms with Crippen molar-refractivity contribution in [2.24, 2.45) is 0 Å². The van der Waals surface area contributed by atoms with Crippen LogP contribution in [-0.2, 0) is 52.6 Å². The summed E-state index contributed by atoms with van der Waals surface area (Å²) in [7, 11) is 0. The van der Waals surface area contributed by atoms with E-state index in [1.54, 1.807) is 12.4 Å². The van der Waals surface area contributed by atoms with Crippen LogP contribution in [0.15, 0.2) is 48.8 Å². The molecule has 2 rings (SSSR count). The van der Waals surface area contributed by atoms with Crippen LogP contribution in [0.4, 0.5) is 0 Å². The van der Waals surface area contributed by atoms with Crippen molar-refractivity contribution in [2.75, 3.05) is 0 Å². The fourth-order valence-corrected chi connectivity index (χ4v) is 0.896. The molecule has 0 fully saturated rings. The van der Waals surface area contributed by atoms with Gasteiger partial charge in [0.1, 0.15) is 0 Å². The number of aromatic nitrogens is 2. The van der Waals surface area contributed by atoms with Gasteiger partial charge in [0.05, 0.1) is 0 Å². The Morgan fingerprint density at radius 1 is 0.810 bits per heavy atom. The predicted molar refractivity (Wildman–Crippen MR) is 83.9 cm³/mol. The molecule has 0 saturated heterocycles. The SMILES string of the molecule is Cc1ccccn1.Cc1ccccn1.N#C[S-].N#C[S-].[Cd+2]. The van der Waals surface area contributed by atoms with Crippen LogP contribution in [0.25, 0.3) is 0 Å². The standard InChI is InChI=1S/2C6H7N.2CHNS.Cd/c2*1-6-4-2-3-5-7-6;2*2-1-3;/h2*2-5H,1H3;2*3H;/q;;;;+2/p-2. The van der Waals surface area contributed by atoms with Crippen molar-refractivity contribution in [1.29, 1.82) is 10.5 Å². The molecule has 0 aliphatic heterocycles. The molecule has 4 nitrogen and oxygen atoms in total. The van der Waals surface area contributed by atoms with Crippen molar-refractivity contribution in [3.8, 4) is 10.8 Å². The third kappa shape index (κ3) is 24.1. The van der Waals surface area contributed by atoms with Crippen molar-refractivity contribution in [1.82, 2.24) is 9.97 Å². The second-order valence-electron chi connectivity index (χ2n) is 3.12. The van der Waals surface area contributed by atoms with E-state index < -0.39 is 0 Å². The summed E-state index contributed by atoms with van der Waals surface area (Å²) in [5.74, 6) is 0. The number of thiocyanates is 2. The van der Waals surface area contributed by atoms with Gasteiger partial charge in [-0.1, -0.05) is 22.9 Å². The quantitative estimate of drug-likeness (QED) is 0.375. The molecule has 7 heteroatoms. The monoisotopic (exact) mass is 416 g/mol. The Hall–Kier alpha value is -1.36. The van der Waals surface area contributed by atoms with Crippen LogP contribution in [0, 0.1) is 35.2 Å². The Kier molecular flexibility index (Phi) is 24.6. The van der Waals surface area contributed by atoms with Gasteiger partial charge in [0.15, 0.2) is 0 Å². The van der Waals surface area contributed by atoms with Gasteiger partial charge in [-0.3, -0.25) is 9.97 Å². The molecule has 0 N–H and O–H groups in total. The topological polar surface area (TPSA) is 73.4 Å². The van der Waals surface area contributed by atoms with Crippen molar-refractivity contribution < 1.29 is 27.3 Å². The van der Waals surface area contributed by atoms with Crippen LogP contribution in [0.3, 0.4) is 0 Å². The van der Waals surface area contributed by atoms with Gasteiger partial charge in [0, 0.05) is 23.8 Å². The third-order valence-electron chi connectivity index (χ3n) is 1.63. The van der Waals surface area contributed by atoms with E-state index in [9.17, 15) is 0 Å². The fraction of sp³-hybridized carbons (Fsp3) is 0.143. The Balaban J connectivity index is -0.000000220. The number of rotatable bonds is 0. The van der Waals surface area contributed by atoms with Crippen LogP contribution >= 0.6 is 0 Å². The average Bonchev–Trinajstić information content (AvgIpc) is 2.43. The van der Waals surface area contributed by atoms with Gasteiger partial charge in [-0.15, -0.1) is 0 Å². The summed E-state index contributed by atoms with van der Waals surface area (Å²) in [4.78, 5) is 7.96. The Morgan fingerprint density at radius 2 is 1.10 bits per heavy atom. The van der Waals surface area contributed by atoms with Crippen LogP contribution in [-0.4, -0.2) is 9.97 Å². The Bertz CT molecular complexity index is 460. The minimum absolute atomic E-state index is 0. The third-order valence-corrected chi connectivity index (χ3v) is 1.63. The summed E-state index contributed by atoms with van der Waals surface area (Å²) in [6.45, 7) is 3.94. The molecule has 0 spiro atoms. The molecular weight excluding hydrogens is 401 g/mol. The normalized spacial score (nSPS) is 6.48. The molecule has 0 saturated carbocycles. The first-order chi connectivity index (χ1) is 9.62. The minimum atomic E-state index is 0. The van der Waals surface area contributed by atoms with Gasteiger partial charge < -0.3 is 25.3 Å². The van der Waals surface area contributed by atoms with Crippen LogP contribution in [0.2, 0.25) is 0 Å². The number of aryl methyl sites for hydroxylation is 2. The van der Waals surface area contributed by atoms with Gasteiger partial charge in [0.2, 0.25) is 0 Å². The van der Waals surface area contributed by atoms with E-state index in [1.807, 2.05) is 50.2 Å². The van der Waals surface area contributed by atoms with Gasteiger partial charge >= 0.3 is 27.3 Å². The Labute approximate surface area is 157 Å². The first-order valence-electron chi connectivity index (χ1n) is 5.40. The number of nitriles is 2. The molecule has 0 aliphatic rings. The molecule has 0 aliphatic carbocycles. The van der Waals surface area contributed by atoms with Crippen molar-refractivity contribution in [3.05, 3.63) is 60.2 Å². The van der Waals surface area contributed by atoms with E-state index >= 15 is 0 Å². The van der Waals surface area contributed by atoms with E-state index in [-0.39, 0.29) is 27.3 Å². The molecule has 0 amide bonds. The van der Waals surface area contributed by atoms with Crippen LogP contribution in [0.5, 0.6) is 0 Å². The molecular formula is C14H14CdN4S2. The van der Waals surface area contributed by atoms with Gasteiger partial charge in [-0.2, -0.15) is 0 Å². The molecule has 104 valence electrons. The zero-order valence-electron chi connectivity index (χ0n) is 11.9. The summed E-state index contributed by atoms with van der Waals surface area (Å²) in [6.07, 6.45) is 3.57. The fourth-order valence-electron chi connectivity index (χ4n) is 0.896. The maximum absolute atomic E-state index is 7.13. The molecule has 0 atom stereocenters. The molecule has 0 aromatic carbocycles. The van der Waals surface area contributed by atoms with Gasteiger partial charge in [-0.25, -0.2) is 10.5 Å². The second-order valence-corrected chi connectivity index (χ2v) is 3.49. The zero-order valence-corrected chi connectivity index (χ0v) is 17.6. The maximum atomic E-state index is 7.13. The molecule has 0 bridgehead atoms. The second kappa shape index (κ2) is 20.9. The number of pyridine rings is 2. The van der Waals surface area contributed by atoms with Gasteiger partial charge in [-0.05, 0) is 38.1 Å². The minimum Gasteiger partial charge on any atom is -0.696 e. The summed E-state index contributed by atoms with van der Waals surface area (Å²) < 4.78 is 0. The molecule has 21 heavy (non-hydrogen) atoms. The molecule has 2 aromatic rings. The van der Waals surface area contributed by atoms with E-state index in [0.29, 0.717) is 0 Å². The molecule has 0 unspecified atom stereocenters. The van der Waals surface area contributed by atoms with Gasteiger partial charge in [0.25, 0.3) is 0 Å². The van der Waals surface area contributed by atoms with Crippen molar-refractivity contribution in [2.45, 2.75) is 13.8 Å². The number of hydrogen-bond donors (Lipinski definition) is 0. The molecule has 0 radical (unpaired) electrons. The summed E-state index contributed by atoms with van der Waals surface area (Å²) in [6, 6.07) is 11.7. The van der Waals surface area contributed by atoms with E-state index in [1.165, 1.54) is 10.8 Å². The number of hydrogen-bond acceptors (Lipinski definition) is 6. The van der Waals surface area contributed by atoms with Crippen molar-refractivity contribution >= 4 is 25.3 Å². The summed E-state index contributed by atoms with van der Waals surface area (Å²) in [5.41, 5.74) is 2.14. The first kappa shape index (κ1) is 24.6. The van der Waals surface area contributed by atoms with Crippen LogP contribution < -0.4 is 0 Å². The van der Waals surface area contributed by atoms with Crippen molar-refractivity contribution in [3.63, 3.8) is 0 Å². The average molecular weight is 415 g/mol. The predicted octanol–water partition coefficient (Wildman–Crippen LogP) is 2.81. The first-order valence-corrected chi connectivity index (χ1v) is 6.21. The van der Waals surface area contributed by atoms with Crippen LogP contribution in [0.1, 0.15) is 11.4 Å². The molecule has 2 heterocycles. The molecule has 2 aromatic heterocycles.